The maximum absolute atomic E-state index is 14.5. The van der Waals surface area contributed by atoms with Gasteiger partial charge < -0.3 is 24.4 Å². The number of phenolic OH excluding ortho intramolecular Hbond substituents is 2. The molecule has 0 saturated heterocycles. The van der Waals surface area contributed by atoms with Gasteiger partial charge in [0.2, 0.25) is 0 Å². The number of ether oxygens (including phenoxy) is 3. The normalized spacial score (nSPS) is 16.5. The molecular formula is C33H29N5O8. The minimum atomic E-state index is -1.47. The molecule has 2 aliphatic rings. The van der Waals surface area contributed by atoms with Gasteiger partial charge in [0.1, 0.15) is 39.8 Å². The van der Waals surface area contributed by atoms with Crippen LogP contribution in [-0.2, 0) is 16.7 Å². The smallest absolute Gasteiger partial charge is 0.330 e. The zero-order valence-electron chi connectivity index (χ0n) is 25.6. The number of aromatic hydroxyl groups is 2. The molecule has 1 aliphatic carbocycles. The van der Waals surface area contributed by atoms with Crippen LogP contribution in [0.3, 0.4) is 0 Å². The second-order valence-corrected chi connectivity index (χ2v) is 11.4. The summed E-state index contributed by atoms with van der Waals surface area (Å²) in [5, 5.41) is 27.7. The first-order chi connectivity index (χ1) is 22.0. The summed E-state index contributed by atoms with van der Waals surface area (Å²) >= 11 is 0. The zero-order valence-corrected chi connectivity index (χ0v) is 25.6. The maximum atomic E-state index is 14.5. The molecule has 7 rings (SSSR count). The SMILES string of the molecule is COCCn1c(=O)[nH]c(=O)c2ccc(-c3c(O)c(C)c(O)c4c3OC3=Cc5c(c(C)nn5-c5ccc(OC)cc5)C(=O)[C@@]34C)nc21. The predicted molar refractivity (Wildman–Crippen MR) is 167 cm³/mol. The molecule has 234 valence electrons. The van der Waals surface area contributed by atoms with Gasteiger partial charge >= 0.3 is 5.69 Å². The van der Waals surface area contributed by atoms with Crippen molar-refractivity contribution in [2.24, 2.45) is 0 Å². The van der Waals surface area contributed by atoms with Crippen molar-refractivity contribution in [3.05, 3.63) is 91.1 Å². The highest BCUT2D eigenvalue weighted by Gasteiger charge is 2.55. The highest BCUT2D eigenvalue weighted by molar-refractivity contribution is 6.14. The Kier molecular flexibility index (Phi) is 6.42. The molecule has 0 saturated carbocycles. The Morgan fingerprint density at radius 3 is 2.43 bits per heavy atom. The van der Waals surface area contributed by atoms with Gasteiger partial charge in [0, 0.05) is 18.7 Å². The molecule has 4 heterocycles. The molecule has 46 heavy (non-hydrogen) atoms. The van der Waals surface area contributed by atoms with Gasteiger partial charge in [0.05, 0.1) is 65.1 Å². The number of pyridine rings is 1. The lowest BCUT2D eigenvalue weighted by molar-refractivity contribution is 0.0905. The van der Waals surface area contributed by atoms with Gasteiger partial charge in [-0.25, -0.2) is 14.5 Å². The van der Waals surface area contributed by atoms with E-state index in [0.29, 0.717) is 28.4 Å². The number of phenols is 2. The van der Waals surface area contributed by atoms with Crippen LogP contribution in [0.1, 0.15) is 39.8 Å². The number of aromatic nitrogens is 5. The number of hydrogen-bond donors (Lipinski definition) is 3. The van der Waals surface area contributed by atoms with Crippen LogP contribution < -0.4 is 20.7 Å². The van der Waals surface area contributed by atoms with E-state index < -0.39 is 16.7 Å². The van der Waals surface area contributed by atoms with Crippen LogP contribution in [0.2, 0.25) is 0 Å². The molecule has 3 N–H and O–H groups in total. The molecule has 1 aliphatic heterocycles. The first-order valence-electron chi connectivity index (χ1n) is 14.4. The number of nitrogens with one attached hydrogen (secondary N) is 1. The molecule has 5 aromatic rings. The Bertz CT molecular complexity index is 2280. The lowest BCUT2D eigenvalue weighted by Crippen LogP contribution is -2.36. The lowest BCUT2D eigenvalue weighted by Gasteiger charge is -2.27. The number of H-pyrrole nitrogens is 1. The molecule has 1 atom stereocenters. The summed E-state index contributed by atoms with van der Waals surface area (Å²) < 4.78 is 19.7. The number of methoxy groups -OCH3 is 2. The summed E-state index contributed by atoms with van der Waals surface area (Å²) in [6.45, 7) is 5.21. The van der Waals surface area contributed by atoms with Crippen LogP contribution >= 0.6 is 0 Å². The number of hydrogen-bond acceptors (Lipinski definition) is 10. The van der Waals surface area contributed by atoms with E-state index in [1.54, 1.807) is 43.8 Å². The van der Waals surface area contributed by atoms with Crippen molar-refractivity contribution < 1.29 is 29.2 Å². The number of fused-ring (bicyclic) bond motifs is 5. The molecule has 13 heteroatoms. The van der Waals surface area contributed by atoms with Crippen LogP contribution in [0.4, 0.5) is 0 Å². The second kappa shape index (κ2) is 10.2. The number of carbonyl (C=O) groups excluding carboxylic acids is 1. The van der Waals surface area contributed by atoms with Crippen molar-refractivity contribution in [2.45, 2.75) is 32.7 Å². The summed E-state index contributed by atoms with van der Waals surface area (Å²) in [7, 11) is 3.06. The first kappa shape index (κ1) is 29.0. The van der Waals surface area contributed by atoms with Crippen LogP contribution in [-0.4, -0.2) is 61.1 Å². The van der Waals surface area contributed by atoms with Crippen molar-refractivity contribution >= 4 is 22.9 Å². The van der Waals surface area contributed by atoms with E-state index in [2.05, 4.69) is 15.1 Å². The Labute approximate surface area is 260 Å². The quantitative estimate of drug-likeness (QED) is 0.254. The van der Waals surface area contributed by atoms with E-state index in [1.807, 2.05) is 12.1 Å². The molecular weight excluding hydrogens is 594 g/mol. The van der Waals surface area contributed by atoms with Gasteiger partial charge in [0.15, 0.2) is 5.78 Å². The minimum Gasteiger partial charge on any atom is -0.507 e. The van der Waals surface area contributed by atoms with Crippen molar-refractivity contribution in [1.82, 2.24) is 24.3 Å². The lowest BCUT2D eigenvalue weighted by atomic mass is 9.71. The van der Waals surface area contributed by atoms with Gasteiger partial charge in [0.25, 0.3) is 5.56 Å². The van der Waals surface area contributed by atoms with Crippen LogP contribution in [0, 0.1) is 13.8 Å². The summed E-state index contributed by atoms with van der Waals surface area (Å²) in [6, 6.07) is 10.2. The number of rotatable bonds is 6. The molecule has 13 nitrogen and oxygen atoms in total. The molecule has 0 fully saturated rings. The van der Waals surface area contributed by atoms with Gasteiger partial charge in [-0.3, -0.25) is 19.1 Å². The predicted octanol–water partition coefficient (Wildman–Crippen LogP) is 3.51. The third-order valence-corrected chi connectivity index (χ3v) is 8.82. The number of Topliss-reactive ketones (excluding diaryl/α,β-unsaturated/α-hetero) is 1. The van der Waals surface area contributed by atoms with Crippen molar-refractivity contribution in [1.29, 1.82) is 0 Å². The summed E-state index contributed by atoms with van der Waals surface area (Å²) in [4.78, 5) is 46.8. The number of carbonyl (C=O) groups is 1. The summed E-state index contributed by atoms with van der Waals surface area (Å²) in [5.41, 5.74) is -0.0889. The largest absolute Gasteiger partial charge is 0.507 e. The van der Waals surface area contributed by atoms with Gasteiger partial charge in [-0.1, -0.05) is 0 Å². The fourth-order valence-electron chi connectivity index (χ4n) is 6.31. The van der Waals surface area contributed by atoms with Crippen LogP contribution in [0.25, 0.3) is 34.1 Å². The zero-order chi connectivity index (χ0) is 32.7. The topological polar surface area (TPSA) is 171 Å². The number of aryl methyl sites for hydroxylation is 1. The van der Waals surface area contributed by atoms with Gasteiger partial charge in [-0.05, 0) is 57.2 Å². The third-order valence-electron chi connectivity index (χ3n) is 8.82. The number of nitrogens with zero attached hydrogens (tertiary/aromatic N) is 4. The standard InChI is InChI=1S/C33H29N5O8/c1-15-26(39)24(20-11-10-19-30(34-20)37(12-13-44-4)32(43)35-31(19)42)28-25(27(15)40)33(3)22(46-28)14-21-23(29(33)41)16(2)36-38(21)17-6-8-18(45-5)9-7-17/h6-11,14,39-40H,12-13H2,1-5H3,(H,35,42,43)/t33-/m0/s1. The van der Waals surface area contributed by atoms with Crippen LogP contribution in [0.5, 0.6) is 23.0 Å². The maximum Gasteiger partial charge on any atom is 0.330 e. The Morgan fingerprint density at radius 1 is 1.00 bits per heavy atom. The Hall–Kier alpha value is -5.69. The number of allylic oxidation sites excluding steroid dienone is 1. The minimum absolute atomic E-state index is 0.0388. The fraction of sp³-hybridized carbons (Fsp3) is 0.242. The van der Waals surface area contributed by atoms with Crippen molar-refractivity contribution in [3.63, 3.8) is 0 Å². The Balaban J connectivity index is 1.45. The number of ketones is 1. The van der Waals surface area contributed by atoms with E-state index in [1.165, 1.54) is 30.7 Å². The molecule has 0 amide bonds. The van der Waals surface area contributed by atoms with E-state index in [9.17, 15) is 24.6 Å². The van der Waals surface area contributed by atoms with E-state index in [0.717, 1.165) is 0 Å². The molecule has 0 unspecified atom stereocenters. The molecule has 0 spiro atoms. The summed E-state index contributed by atoms with van der Waals surface area (Å²) in [5.74, 6) is -0.0319. The summed E-state index contributed by atoms with van der Waals surface area (Å²) in [6.07, 6.45) is 1.71. The van der Waals surface area contributed by atoms with E-state index in [-0.39, 0.29) is 75.4 Å². The van der Waals surface area contributed by atoms with Gasteiger partial charge in [-0.2, -0.15) is 5.10 Å². The molecule has 0 bridgehead atoms. The first-order valence-corrected chi connectivity index (χ1v) is 14.4. The van der Waals surface area contributed by atoms with E-state index >= 15 is 0 Å². The highest BCUT2D eigenvalue weighted by Crippen LogP contribution is 2.60. The Morgan fingerprint density at radius 2 is 1.74 bits per heavy atom. The molecule has 3 aromatic heterocycles. The third kappa shape index (κ3) is 3.88. The van der Waals surface area contributed by atoms with Crippen LogP contribution in [0.15, 0.2) is 51.7 Å². The van der Waals surface area contributed by atoms with E-state index in [4.69, 9.17) is 14.2 Å². The molecule has 0 radical (unpaired) electrons. The number of benzene rings is 2. The average Bonchev–Trinajstić information content (AvgIpc) is 3.54. The second-order valence-electron chi connectivity index (χ2n) is 11.4. The highest BCUT2D eigenvalue weighted by atomic mass is 16.5. The van der Waals surface area contributed by atoms with Gasteiger partial charge in [-0.15, -0.1) is 0 Å². The molecule has 2 aromatic carbocycles. The fourth-order valence-corrected chi connectivity index (χ4v) is 6.31. The van der Waals surface area contributed by atoms with Crippen molar-refractivity contribution in [3.8, 4) is 39.9 Å². The van der Waals surface area contributed by atoms with Crippen molar-refractivity contribution in [2.75, 3.05) is 20.8 Å². The number of aromatic amines is 1. The average molecular weight is 624 g/mol. The monoisotopic (exact) mass is 623 g/mol.